The van der Waals surface area contributed by atoms with Crippen molar-refractivity contribution in [2.24, 2.45) is 5.92 Å². The molecule has 1 aliphatic heterocycles. The van der Waals surface area contributed by atoms with Gasteiger partial charge < -0.3 is 15.4 Å². The van der Waals surface area contributed by atoms with Gasteiger partial charge in [-0.05, 0) is 58.7 Å². The summed E-state index contributed by atoms with van der Waals surface area (Å²) in [6.07, 6.45) is 0. The lowest BCUT2D eigenvalue weighted by molar-refractivity contribution is -0.140. The molecule has 1 atom stereocenters. The van der Waals surface area contributed by atoms with Crippen LogP contribution >= 0.6 is 28.1 Å². The van der Waals surface area contributed by atoms with E-state index in [1.54, 1.807) is 19.1 Å². The summed E-state index contributed by atoms with van der Waals surface area (Å²) in [5, 5.41) is 6.39. The van der Waals surface area contributed by atoms with Crippen molar-refractivity contribution in [2.75, 3.05) is 6.61 Å². The van der Waals surface area contributed by atoms with E-state index in [2.05, 4.69) is 26.6 Å². The number of ether oxygens (including phenoxy) is 1. The SMILES string of the molecule is CC1=C(C(=O)OCC(C)C)[C@@H](c2ccc(F)c(Br)c2)NC(=S)N1. The Morgan fingerprint density at radius 1 is 1.48 bits per heavy atom. The molecular weight excluding hydrogens is 383 g/mol. The number of carbonyl (C=O) groups is 1. The van der Waals surface area contributed by atoms with Crippen molar-refractivity contribution < 1.29 is 13.9 Å². The van der Waals surface area contributed by atoms with Gasteiger partial charge in [-0.2, -0.15) is 0 Å². The van der Waals surface area contributed by atoms with Crippen LogP contribution in [0.1, 0.15) is 32.4 Å². The molecule has 2 rings (SSSR count). The van der Waals surface area contributed by atoms with Gasteiger partial charge in [0.1, 0.15) is 5.82 Å². The molecule has 1 aromatic rings. The van der Waals surface area contributed by atoms with E-state index in [0.717, 1.165) is 5.56 Å². The fraction of sp³-hybridized carbons (Fsp3) is 0.375. The molecule has 0 aliphatic carbocycles. The lowest BCUT2D eigenvalue weighted by Crippen LogP contribution is -2.45. The molecule has 0 unspecified atom stereocenters. The summed E-state index contributed by atoms with van der Waals surface area (Å²) in [7, 11) is 0. The minimum atomic E-state index is -0.486. The Hall–Kier alpha value is -1.47. The van der Waals surface area contributed by atoms with Crippen molar-refractivity contribution in [1.82, 2.24) is 10.6 Å². The number of hydrogen-bond donors (Lipinski definition) is 2. The van der Waals surface area contributed by atoms with Gasteiger partial charge in [-0.3, -0.25) is 0 Å². The number of allylic oxidation sites excluding steroid dienone is 1. The summed E-state index contributed by atoms with van der Waals surface area (Å²) < 4.78 is 19.2. The number of nitrogens with one attached hydrogen (secondary N) is 2. The smallest absolute Gasteiger partial charge is 0.338 e. The molecule has 1 aliphatic rings. The summed E-state index contributed by atoms with van der Waals surface area (Å²) in [6.45, 7) is 6.04. The Morgan fingerprint density at radius 2 is 2.17 bits per heavy atom. The molecule has 124 valence electrons. The average Bonchev–Trinajstić information content (AvgIpc) is 2.46. The number of thiocarbonyl (C=S) groups is 1. The van der Waals surface area contributed by atoms with Crippen LogP contribution in [0, 0.1) is 11.7 Å². The summed E-state index contributed by atoms with van der Waals surface area (Å²) in [5.41, 5.74) is 1.80. The molecule has 1 heterocycles. The first-order chi connectivity index (χ1) is 10.8. The van der Waals surface area contributed by atoms with Crippen LogP contribution in [0.3, 0.4) is 0 Å². The molecule has 0 saturated carbocycles. The normalized spacial score (nSPS) is 17.8. The highest BCUT2D eigenvalue weighted by molar-refractivity contribution is 9.10. The molecule has 0 fully saturated rings. The van der Waals surface area contributed by atoms with Gasteiger partial charge in [-0.25, -0.2) is 9.18 Å². The Bertz CT molecular complexity index is 676. The molecule has 0 saturated heterocycles. The Labute approximate surface area is 148 Å². The van der Waals surface area contributed by atoms with Crippen molar-refractivity contribution in [3.8, 4) is 0 Å². The molecule has 4 nitrogen and oxygen atoms in total. The number of hydrogen-bond acceptors (Lipinski definition) is 3. The van der Waals surface area contributed by atoms with Crippen molar-refractivity contribution in [3.05, 3.63) is 45.3 Å². The minimum absolute atomic E-state index is 0.240. The molecule has 0 amide bonds. The Morgan fingerprint density at radius 3 is 2.78 bits per heavy atom. The zero-order chi connectivity index (χ0) is 17.1. The maximum atomic E-state index is 13.5. The predicted molar refractivity (Wildman–Crippen MR) is 94.2 cm³/mol. The maximum Gasteiger partial charge on any atom is 0.338 e. The molecule has 0 bridgehead atoms. The number of rotatable bonds is 4. The summed E-state index contributed by atoms with van der Waals surface area (Å²) in [6, 6.07) is 4.11. The van der Waals surface area contributed by atoms with E-state index in [9.17, 15) is 9.18 Å². The van der Waals surface area contributed by atoms with Crippen LogP contribution < -0.4 is 10.6 Å². The fourth-order valence-corrected chi connectivity index (χ4v) is 2.89. The van der Waals surface area contributed by atoms with Crippen LogP contribution in [0.2, 0.25) is 0 Å². The summed E-state index contributed by atoms with van der Waals surface area (Å²) in [4.78, 5) is 12.5. The van der Waals surface area contributed by atoms with Crippen LogP contribution in [-0.4, -0.2) is 17.7 Å². The van der Waals surface area contributed by atoms with Crippen LogP contribution in [0.4, 0.5) is 4.39 Å². The maximum absolute atomic E-state index is 13.5. The van der Waals surface area contributed by atoms with Crippen molar-refractivity contribution >= 4 is 39.2 Å². The molecule has 0 radical (unpaired) electrons. The zero-order valence-electron chi connectivity index (χ0n) is 13.1. The Balaban J connectivity index is 2.37. The van der Waals surface area contributed by atoms with Crippen molar-refractivity contribution in [2.45, 2.75) is 26.8 Å². The molecular formula is C16H18BrFN2O2S. The van der Waals surface area contributed by atoms with Gasteiger partial charge in [0.05, 0.1) is 22.7 Å². The van der Waals surface area contributed by atoms with Crippen molar-refractivity contribution in [3.63, 3.8) is 0 Å². The second-order valence-electron chi connectivity index (χ2n) is 5.74. The third-order valence-electron chi connectivity index (χ3n) is 3.31. The van der Waals surface area contributed by atoms with E-state index in [-0.39, 0.29) is 11.7 Å². The molecule has 23 heavy (non-hydrogen) atoms. The van der Waals surface area contributed by atoms with E-state index in [1.165, 1.54) is 6.07 Å². The number of benzene rings is 1. The van der Waals surface area contributed by atoms with Gasteiger partial charge in [0, 0.05) is 5.70 Å². The van der Waals surface area contributed by atoms with Crippen molar-refractivity contribution in [1.29, 1.82) is 0 Å². The highest BCUT2D eigenvalue weighted by Gasteiger charge is 2.31. The van der Waals surface area contributed by atoms with Gasteiger partial charge in [0.25, 0.3) is 0 Å². The first-order valence-electron chi connectivity index (χ1n) is 7.20. The van der Waals surface area contributed by atoms with Gasteiger partial charge in [0.15, 0.2) is 5.11 Å². The number of halogens is 2. The molecule has 0 aromatic heterocycles. The predicted octanol–water partition coefficient (Wildman–Crippen LogP) is 3.58. The van der Waals surface area contributed by atoms with Gasteiger partial charge in [0.2, 0.25) is 0 Å². The van der Waals surface area contributed by atoms with E-state index < -0.39 is 12.0 Å². The van der Waals surface area contributed by atoms with E-state index in [4.69, 9.17) is 17.0 Å². The topological polar surface area (TPSA) is 50.4 Å². The standard InChI is InChI=1S/C16H18BrFN2O2S/c1-8(2)7-22-15(21)13-9(3)19-16(23)20-14(13)10-4-5-12(18)11(17)6-10/h4-6,8,14H,7H2,1-3H3,(H2,19,20,23)/t14-/m1/s1. The quantitative estimate of drug-likeness (QED) is 0.597. The van der Waals surface area contributed by atoms with Gasteiger partial charge >= 0.3 is 5.97 Å². The highest BCUT2D eigenvalue weighted by atomic mass is 79.9. The van der Waals surface area contributed by atoms with E-state index in [0.29, 0.717) is 27.5 Å². The molecule has 7 heteroatoms. The van der Waals surface area contributed by atoms with Crippen LogP contribution in [0.25, 0.3) is 0 Å². The lowest BCUT2D eigenvalue weighted by atomic mass is 9.95. The van der Waals surface area contributed by atoms with Crippen LogP contribution in [-0.2, 0) is 9.53 Å². The fourth-order valence-electron chi connectivity index (χ4n) is 2.23. The monoisotopic (exact) mass is 400 g/mol. The first kappa shape index (κ1) is 17.9. The highest BCUT2D eigenvalue weighted by Crippen LogP contribution is 2.30. The third kappa shape index (κ3) is 4.29. The van der Waals surface area contributed by atoms with Crippen LogP contribution in [0.15, 0.2) is 33.9 Å². The largest absolute Gasteiger partial charge is 0.462 e. The zero-order valence-corrected chi connectivity index (χ0v) is 15.5. The third-order valence-corrected chi connectivity index (χ3v) is 4.14. The van der Waals surface area contributed by atoms with Gasteiger partial charge in [-0.1, -0.05) is 19.9 Å². The number of esters is 1. The van der Waals surface area contributed by atoms with Crippen LogP contribution in [0.5, 0.6) is 0 Å². The van der Waals surface area contributed by atoms with Gasteiger partial charge in [-0.15, -0.1) is 0 Å². The average molecular weight is 401 g/mol. The first-order valence-corrected chi connectivity index (χ1v) is 8.40. The molecule has 0 spiro atoms. The lowest BCUT2D eigenvalue weighted by Gasteiger charge is -2.30. The molecule has 2 N–H and O–H groups in total. The Kier molecular flexibility index (Phi) is 5.75. The molecule has 1 aromatic carbocycles. The number of carbonyl (C=O) groups excluding carboxylic acids is 1. The summed E-state index contributed by atoms with van der Waals surface area (Å²) in [5.74, 6) is -0.539. The summed E-state index contributed by atoms with van der Waals surface area (Å²) >= 11 is 8.34. The minimum Gasteiger partial charge on any atom is -0.462 e. The second kappa shape index (κ2) is 7.40. The van der Waals surface area contributed by atoms with E-state index in [1.807, 2.05) is 13.8 Å². The second-order valence-corrected chi connectivity index (χ2v) is 7.00. The van der Waals surface area contributed by atoms with E-state index >= 15 is 0 Å².